The van der Waals surface area contributed by atoms with Crippen LogP contribution in [0.15, 0.2) is 65.5 Å². The van der Waals surface area contributed by atoms with E-state index < -0.39 is 6.10 Å². The maximum atomic E-state index is 12.6. The molecular formula is C27H31N3O3. The largest absolute Gasteiger partial charge is 0.497 e. The molecule has 2 heterocycles. The predicted molar refractivity (Wildman–Crippen MR) is 132 cm³/mol. The van der Waals surface area contributed by atoms with E-state index in [0.717, 1.165) is 65.5 Å². The minimum absolute atomic E-state index is 0.0329. The van der Waals surface area contributed by atoms with Crippen molar-refractivity contribution >= 4 is 21.8 Å². The maximum absolute atomic E-state index is 12.6. The summed E-state index contributed by atoms with van der Waals surface area (Å²) in [5.74, 6) is 0.833. The third-order valence-corrected chi connectivity index (χ3v) is 7.15. The van der Waals surface area contributed by atoms with Crippen LogP contribution in [0.1, 0.15) is 43.9 Å². The lowest BCUT2D eigenvalue weighted by Gasteiger charge is -2.39. The van der Waals surface area contributed by atoms with E-state index in [2.05, 4.69) is 28.9 Å². The van der Waals surface area contributed by atoms with Gasteiger partial charge in [-0.25, -0.2) is 4.79 Å². The van der Waals surface area contributed by atoms with Crippen LogP contribution in [0, 0.1) is 0 Å². The van der Waals surface area contributed by atoms with E-state index in [4.69, 9.17) is 4.74 Å². The van der Waals surface area contributed by atoms with Crippen molar-refractivity contribution < 1.29 is 9.84 Å². The zero-order valence-electron chi connectivity index (χ0n) is 19.2. The van der Waals surface area contributed by atoms with Crippen LogP contribution in [0.25, 0.3) is 21.8 Å². The van der Waals surface area contributed by atoms with Gasteiger partial charge in [0.2, 0.25) is 0 Å². The number of hydrogen-bond acceptors (Lipinski definition) is 4. The zero-order chi connectivity index (χ0) is 22.9. The number of rotatable bonds is 6. The quantitative estimate of drug-likeness (QED) is 0.454. The van der Waals surface area contributed by atoms with Crippen molar-refractivity contribution in [2.75, 3.05) is 20.2 Å². The van der Waals surface area contributed by atoms with Crippen molar-refractivity contribution in [3.63, 3.8) is 0 Å². The molecule has 1 aliphatic rings. The van der Waals surface area contributed by atoms with Gasteiger partial charge in [-0.15, -0.1) is 0 Å². The van der Waals surface area contributed by atoms with Gasteiger partial charge in [0.1, 0.15) is 5.75 Å². The van der Waals surface area contributed by atoms with Gasteiger partial charge in [0, 0.05) is 25.2 Å². The second-order valence-corrected chi connectivity index (χ2v) is 8.98. The van der Waals surface area contributed by atoms with E-state index in [9.17, 15) is 9.90 Å². The summed E-state index contributed by atoms with van der Waals surface area (Å²) >= 11 is 0. The molecule has 0 radical (unpaired) electrons. The second-order valence-electron chi connectivity index (χ2n) is 8.98. The van der Waals surface area contributed by atoms with Crippen molar-refractivity contribution in [3.8, 4) is 5.75 Å². The number of imidazole rings is 1. The minimum Gasteiger partial charge on any atom is -0.497 e. The first-order valence-electron chi connectivity index (χ1n) is 11.8. The van der Waals surface area contributed by atoms with Crippen LogP contribution >= 0.6 is 0 Å². The Bertz CT molecular complexity index is 1320. The van der Waals surface area contributed by atoms with Gasteiger partial charge in [-0.05, 0) is 65.9 Å². The summed E-state index contributed by atoms with van der Waals surface area (Å²) in [6, 6.07) is 20.3. The molecule has 5 rings (SSSR count). The van der Waals surface area contributed by atoms with Crippen LogP contribution in [0.5, 0.6) is 5.75 Å². The summed E-state index contributed by atoms with van der Waals surface area (Å²) in [4.78, 5) is 18.0. The van der Waals surface area contributed by atoms with Gasteiger partial charge in [0.25, 0.3) is 0 Å². The van der Waals surface area contributed by atoms with E-state index in [0.29, 0.717) is 0 Å². The smallest absolute Gasteiger partial charge is 0.326 e. The van der Waals surface area contributed by atoms with E-state index in [1.807, 2.05) is 53.1 Å². The van der Waals surface area contributed by atoms with Gasteiger partial charge < -0.3 is 14.8 Å². The van der Waals surface area contributed by atoms with Gasteiger partial charge in [0.05, 0.1) is 24.2 Å². The number of benzene rings is 3. The molecule has 1 fully saturated rings. The lowest BCUT2D eigenvalue weighted by atomic mass is 9.94. The molecule has 0 amide bonds. The molecule has 0 aliphatic carbocycles. The molecule has 0 spiro atoms. The molecule has 1 aromatic heterocycles. The fourth-order valence-electron chi connectivity index (χ4n) is 5.37. The number of piperidine rings is 1. The highest BCUT2D eigenvalue weighted by Gasteiger charge is 2.31. The summed E-state index contributed by atoms with van der Waals surface area (Å²) in [6.45, 7) is 3.85. The van der Waals surface area contributed by atoms with Crippen molar-refractivity contribution in [1.82, 2.24) is 14.5 Å². The van der Waals surface area contributed by atoms with E-state index in [1.165, 1.54) is 0 Å². The molecular weight excluding hydrogens is 414 g/mol. The number of H-pyrrole nitrogens is 1. The van der Waals surface area contributed by atoms with Gasteiger partial charge >= 0.3 is 5.69 Å². The number of aromatic nitrogens is 2. The molecule has 6 nitrogen and oxygen atoms in total. The van der Waals surface area contributed by atoms with Crippen LogP contribution in [0.3, 0.4) is 0 Å². The SMILES string of the molecule is CCC(C(O)c1ccc2cc(OC)ccc2c1)N1CCC(n2c(=O)[nH]c3ccccc32)CC1. The average molecular weight is 446 g/mol. The van der Waals surface area contributed by atoms with Gasteiger partial charge in [-0.3, -0.25) is 9.47 Å². The number of aliphatic hydroxyl groups is 1. The topological polar surface area (TPSA) is 70.5 Å². The summed E-state index contributed by atoms with van der Waals surface area (Å²) < 4.78 is 7.24. The van der Waals surface area contributed by atoms with Crippen molar-refractivity contribution in [2.45, 2.75) is 44.4 Å². The van der Waals surface area contributed by atoms with Crippen LogP contribution < -0.4 is 10.4 Å². The molecule has 4 aromatic rings. The number of methoxy groups -OCH3 is 1. The van der Waals surface area contributed by atoms with Gasteiger partial charge in [-0.1, -0.05) is 37.3 Å². The van der Waals surface area contributed by atoms with Gasteiger partial charge in [0.15, 0.2) is 0 Å². The Labute approximate surface area is 193 Å². The summed E-state index contributed by atoms with van der Waals surface area (Å²) in [6.07, 6.45) is 2.08. The molecule has 2 N–H and O–H groups in total. The molecule has 3 aromatic carbocycles. The van der Waals surface area contributed by atoms with E-state index >= 15 is 0 Å². The Morgan fingerprint density at radius 2 is 1.79 bits per heavy atom. The zero-order valence-corrected chi connectivity index (χ0v) is 19.2. The monoisotopic (exact) mass is 445 g/mol. The molecule has 2 atom stereocenters. The number of hydrogen-bond donors (Lipinski definition) is 2. The first-order chi connectivity index (χ1) is 16.1. The number of ether oxygens (including phenoxy) is 1. The number of likely N-dealkylation sites (tertiary alicyclic amines) is 1. The van der Waals surface area contributed by atoms with Crippen LogP contribution in [-0.4, -0.2) is 45.8 Å². The maximum Gasteiger partial charge on any atom is 0.326 e. The minimum atomic E-state index is -0.561. The summed E-state index contributed by atoms with van der Waals surface area (Å²) in [7, 11) is 1.67. The summed E-state index contributed by atoms with van der Waals surface area (Å²) in [5, 5.41) is 13.5. The third-order valence-electron chi connectivity index (χ3n) is 7.15. The molecule has 0 saturated carbocycles. The summed E-state index contributed by atoms with van der Waals surface area (Å²) in [5.41, 5.74) is 2.77. The van der Waals surface area contributed by atoms with E-state index in [-0.39, 0.29) is 17.8 Å². The number of nitrogens with one attached hydrogen (secondary N) is 1. The molecule has 6 heteroatoms. The normalized spacial score (nSPS) is 17.4. The predicted octanol–water partition coefficient (Wildman–Crippen LogP) is 4.64. The van der Waals surface area contributed by atoms with Crippen LogP contribution in [0.4, 0.5) is 0 Å². The molecule has 33 heavy (non-hydrogen) atoms. The standard InChI is InChI=1S/C27H31N3O3/c1-3-24(26(31)20-9-8-19-17-22(33-2)11-10-18(19)16-20)29-14-12-21(13-15-29)30-25-7-5-4-6-23(25)28-27(30)32/h4-11,16-17,21,24,26,31H,3,12-15H2,1-2H3,(H,28,32). The van der Waals surface area contributed by atoms with Crippen molar-refractivity contribution in [3.05, 3.63) is 76.7 Å². The molecule has 2 unspecified atom stereocenters. The fourth-order valence-corrected chi connectivity index (χ4v) is 5.37. The third kappa shape index (κ3) is 4.05. The number of para-hydroxylation sites is 2. The number of aliphatic hydroxyl groups excluding tert-OH is 1. The Kier molecular flexibility index (Phi) is 5.96. The Hall–Kier alpha value is -3.09. The first-order valence-corrected chi connectivity index (χ1v) is 11.8. The van der Waals surface area contributed by atoms with Crippen molar-refractivity contribution in [1.29, 1.82) is 0 Å². The highest BCUT2D eigenvalue weighted by molar-refractivity contribution is 5.84. The lowest BCUT2D eigenvalue weighted by Crippen LogP contribution is -2.45. The molecule has 172 valence electrons. The average Bonchev–Trinajstić information content (AvgIpc) is 3.19. The second kappa shape index (κ2) is 9.04. The van der Waals surface area contributed by atoms with Crippen molar-refractivity contribution in [2.24, 2.45) is 0 Å². The van der Waals surface area contributed by atoms with Gasteiger partial charge in [-0.2, -0.15) is 0 Å². The first kappa shape index (κ1) is 21.7. The molecule has 1 aliphatic heterocycles. The Morgan fingerprint density at radius 1 is 1.06 bits per heavy atom. The number of fused-ring (bicyclic) bond motifs is 2. The van der Waals surface area contributed by atoms with Crippen LogP contribution in [0.2, 0.25) is 0 Å². The molecule has 0 bridgehead atoms. The highest BCUT2D eigenvalue weighted by atomic mass is 16.5. The number of aromatic amines is 1. The lowest BCUT2D eigenvalue weighted by molar-refractivity contribution is 0.0273. The molecule has 1 saturated heterocycles. The highest BCUT2D eigenvalue weighted by Crippen LogP contribution is 2.32. The van der Waals surface area contributed by atoms with Crippen LogP contribution in [-0.2, 0) is 0 Å². The fraction of sp³-hybridized carbons (Fsp3) is 0.370. The number of nitrogens with zero attached hydrogens (tertiary/aromatic N) is 2. The Balaban J connectivity index is 1.32. The Morgan fingerprint density at radius 3 is 2.55 bits per heavy atom. The van der Waals surface area contributed by atoms with E-state index in [1.54, 1.807) is 7.11 Å².